The van der Waals surface area contributed by atoms with Gasteiger partial charge in [0, 0.05) is 12.8 Å². The Morgan fingerprint density at radius 3 is 1.08 bits per heavy atom. The van der Waals surface area contributed by atoms with Crippen molar-refractivity contribution in [2.45, 2.75) is 347 Å². The van der Waals surface area contributed by atoms with Gasteiger partial charge in [0.15, 0.2) is 0 Å². The monoisotopic (exact) mass is 932 g/mol. The summed E-state index contributed by atoms with van der Waals surface area (Å²) in [6.07, 6.45) is 66.5. The Morgan fingerprint density at radius 1 is 0.409 bits per heavy atom. The molecular formula is C60H117NO5. The lowest BCUT2D eigenvalue weighted by atomic mass is 10.0. The van der Waals surface area contributed by atoms with Crippen molar-refractivity contribution in [2.75, 3.05) is 13.2 Å². The number of rotatable bonds is 56. The molecule has 0 rings (SSSR count). The SMILES string of the molecule is CCCCCCCCCCCCCC(=O)OCCCCCCCCCCCCCC/C=C\CCCCCCCCCCCCCC(=O)NC(CO)C(O)CCCCCCCCCCCCC. The lowest BCUT2D eigenvalue weighted by Crippen LogP contribution is -2.45. The van der Waals surface area contributed by atoms with Gasteiger partial charge in [-0.05, 0) is 51.4 Å². The van der Waals surface area contributed by atoms with Crippen LogP contribution in [0, 0.1) is 0 Å². The first-order valence-electron chi connectivity index (χ1n) is 29.9. The van der Waals surface area contributed by atoms with E-state index in [0.717, 1.165) is 38.5 Å². The first kappa shape index (κ1) is 64.6. The third kappa shape index (κ3) is 52.0. The molecule has 1 amide bonds. The molecule has 0 aromatic rings. The van der Waals surface area contributed by atoms with Crippen LogP contribution in [0.1, 0.15) is 335 Å². The zero-order chi connectivity index (χ0) is 47.9. The van der Waals surface area contributed by atoms with E-state index in [1.165, 1.54) is 263 Å². The molecule has 0 heterocycles. The van der Waals surface area contributed by atoms with Gasteiger partial charge in [0.2, 0.25) is 5.91 Å². The fourth-order valence-corrected chi connectivity index (χ4v) is 9.46. The minimum atomic E-state index is -0.662. The number of aliphatic hydroxyl groups excluding tert-OH is 2. The van der Waals surface area contributed by atoms with E-state index in [-0.39, 0.29) is 18.5 Å². The van der Waals surface area contributed by atoms with Gasteiger partial charge in [-0.3, -0.25) is 9.59 Å². The molecule has 0 fully saturated rings. The van der Waals surface area contributed by atoms with E-state index in [1.807, 2.05) is 0 Å². The number of carbonyl (C=O) groups excluding carboxylic acids is 2. The summed E-state index contributed by atoms with van der Waals surface area (Å²) in [5.41, 5.74) is 0. The van der Waals surface area contributed by atoms with Gasteiger partial charge in [-0.1, -0.05) is 283 Å². The van der Waals surface area contributed by atoms with Gasteiger partial charge in [-0.15, -0.1) is 0 Å². The Morgan fingerprint density at radius 2 is 0.712 bits per heavy atom. The molecule has 6 heteroatoms. The number of unbranched alkanes of at least 4 members (excludes halogenated alkanes) is 43. The van der Waals surface area contributed by atoms with Crippen LogP contribution in [0.25, 0.3) is 0 Å². The molecule has 66 heavy (non-hydrogen) atoms. The van der Waals surface area contributed by atoms with Crippen LogP contribution in [0.15, 0.2) is 12.2 Å². The second-order valence-corrected chi connectivity index (χ2v) is 20.7. The van der Waals surface area contributed by atoms with E-state index < -0.39 is 12.1 Å². The molecule has 0 aromatic heterocycles. The molecular weight excluding hydrogens is 815 g/mol. The van der Waals surface area contributed by atoms with E-state index >= 15 is 0 Å². The van der Waals surface area contributed by atoms with Gasteiger partial charge in [0.05, 0.1) is 25.4 Å². The predicted molar refractivity (Wildman–Crippen MR) is 287 cm³/mol. The molecule has 0 radical (unpaired) electrons. The number of nitrogens with one attached hydrogen (secondary N) is 1. The van der Waals surface area contributed by atoms with E-state index in [4.69, 9.17) is 4.74 Å². The van der Waals surface area contributed by atoms with Crippen LogP contribution in [0.2, 0.25) is 0 Å². The summed E-state index contributed by atoms with van der Waals surface area (Å²) in [4.78, 5) is 24.4. The molecule has 6 nitrogen and oxygen atoms in total. The predicted octanol–water partition coefficient (Wildman–Crippen LogP) is 18.5. The smallest absolute Gasteiger partial charge is 0.305 e. The van der Waals surface area contributed by atoms with Crippen LogP contribution < -0.4 is 5.32 Å². The largest absolute Gasteiger partial charge is 0.466 e. The maximum atomic E-state index is 12.4. The fourth-order valence-electron chi connectivity index (χ4n) is 9.46. The number of esters is 1. The molecule has 392 valence electrons. The Kier molecular flexibility index (Phi) is 55.0. The summed E-state index contributed by atoms with van der Waals surface area (Å²) in [6, 6.07) is -0.539. The molecule has 2 unspecified atom stereocenters. The van der Waals surface area contributed by atoms with Gasteiger partial charge in [-0.2, -0.15) is 0 Å². The van der Waals surface area contributed by atoms with E-state index in [1.54, 1.807) is 0 Å². The van der Waals surface area contributed by atoms with Crippen molar-refractivity contribution < 1.29 is 24.5 Å². The van der Waals surface area contributed by atoms with Gasteiger partial charge in [-0.25, -0.2) is 0 Å². The minimum absolute atomic E-state index is 0.0151. The van der Waals surface area contributed by atoms with Crippen molar-refractivity contribution >= 4 is 11.9 Å². The molecule has 0 aliphatic heterocycles. The van der Waals surface area contributed by atoms with Crippen molar-refractivity contribution in [2.24, 2.45) is 0 Å². The summed E-state index contributed by atoms with van der Waals surface area (Å²) in [5, 5.41) is 23.2. The average Bonchev–Trinajstić information content (AvgIpc) is 3.32. The maximum absolute atomic E-state index is 12.4. The van der Waals surface area contributed by atoms with Crippen LogP contribution in [-0.2, 0) is 14.3 Å². The molecule has 2 atom stereocenters. The van der Waals surface area contributed by atoms with E-state index in [2.05, 4.69) is 31.3 Å². The molecule has 0 aliphatic carbocycles. The number of carbonyl (C=O) groups is 2. The standard InChI is InChI=1S/C60H117NO5/c1-3-5-7-9-11-13-32-36-40-44-48-52-58(63)57(56-62)61-59(64)53-49-45-41-37-34-30-28-26-24-22-20-18-16-15-17-19-21-23-25-27-29-31-35-39-43-47-51-55-66-60(65)54-50-46-42-38-33-14-12-10-8-6-4-2/h15-16,57-58,62-63H,3-14,17-56H2,1-2H3,(H,61,64)/b16-15-. The van der Waals surface area contributed by atoms with Crippen molar-refractivity contribution in [3.8, 4) is 0 Å². The number of hydrogen-bond acceptors (Lipinski definition) is 5. The number of hydrogen-bond donors (Lipinski definition) is 3. The average molecular weight is 933 g/mol. The zero-order valence-corrected chi connectivity index (χ0v) is 44.7. The Bertz CT molecular complexity index is 986. The molecule has 3 N–H and O–H groups in total. The fraction of sp³-hybridized carbons (Fsp3) is 0.933. The summed E-state index contributed by atoms with van der Waals surface area (Å²) < 4.78 is 5.47. The highest BCUT2D eigenvalue weighted by Crippen LogP contribution is 2.17. The summed E-state index contributed by atoms with van der Waals surface area (Å²) in [6.45, 7) is 4.96. The van der Waals surface area contributed by atoms with Crippen LogP contribution in [-0.4, -0.2) is 47.4 Å². The summed E-state index contributed by atoms with van der Waals surface area (Å²) in [7, 11) is 0. The topological polar surface area (TPSA) is 95.9 Å². The van der Waals surface area contributed by atoms with Crippen molar-refractivity contribution in [1.82, 2.24) is 5.32 Å². The minimum Gasteiger partial charge on any atom is -0.466 e. The Labute approximate surface area is 412 Å². The van der Waals surface area contributed by atoms with Crippen LogP contribution in [0.5, 0.6) is 0 Å². The van der Waals surface area contributed by atoms with Crippen LogP contribution in [0.3, 0.4) is 0 Å². The van der Waals surface area contributed by atoms with Gasteiger partial charge in [0.25, 0.3) is 0 Å². The maximum Gasteiger partial charge on any atom is 0.305 e. The number of aliphatic hydroxyl groups is 2. The number of amides is 1. The van der Waals surface area contributed by atoms with E-state index in [9.17, 15) is 19.8 Å². The van der Waals surface area contributed by atoms with Crippen molar-refractivity contribution in [1.29, 1.82) is 0 Å². The zero-order valence-electron chi connectivity index (χ0n) is 44.7. The quantitative estimate of drug-likeness (QED) is 0.0321. The first-order chi connectivity index (χ1) is 32.5. The molecule has 0 aromatic carbocycles. The van der Waals surface area contributed by atoms with Crippen molar-refractivity contribution in [3.63, 3.8) is 0 Å². The third-order valence-electron chi connectivity index (χ3n) is 14.1. The first-order valence-corrected chi connectivity index (χ1v) is 29.9. The lowest BCUT2D eigenvalue weighted by molar-refractivity contribution is -0.143. The van der Waals surface area contributed by atoms with Crippen LogP contribution >= 0.6 is 0 Å². The van der Waals surface area contributed by atoms with Gasteiger partial charge < -0.3 is 20.3 Å². The summed E-state index contributed by atoms with van der Waals surface area (Å²) in [5.74, 6) is -0.0204. The Hall–Kier alpha value is -1.40. The highest BCUT2D eigenvalue weighted by Gasteiger charge is 2.20. The van der Waals surface area contributed by atoms with Gasteiger partial charge in [0.1, 0.15) is 0 Å². The molecule has 0 saturated heterocycles. The molecule has 0 spiro atoms. The van der Waals surface area contributed by atoms with Crippen molar-refractivity contribution in [3.05, 3.63) is 12.2 Å². The summed E-state index contributed by atoms with van der Waals surface area (Å²) >= 11 is 0. The third-order valence-corrected chi connectivity index (χ3v) is 14.1. The second-order valence-electron chi connectivity index (χ2n) is 20.7. The normalized spacial score (nSPS) is 12.6. The second kappa shape index (κ2) is 56.2. The highest BCUT2D eigenvalue weighted by atomic mass is 16.5. The lowest BCUT2D eigenvalue weighted by Gasteiger charge is -2.22. The van der Waals surface area contributed by atoms with Crippen LogP contribution in [0.4, 0.5) is 0 Å². The molecule has 0 saturated carbocycles. The Balaban J connectivity index is 3.36. The highest BCUT2D eigenvalue weighted by molar-refractivity contribution is 5.76. The molecule has 0 bridgehead atoms. The molecule has 0 aliphatic rings. The number of ether oxygens (including phenoxy) is 1. The number of allylic oxidation sites excluding steroid dienone is 2. The van der Waals surface area contributed by atoms with E-state index in [0.29, 0.717) is 25.9 Å². The van der Waals surface area contributed by atoms with Gasteiger partial charge >= 0.3 is 5.97 Å².